The van der Waals surface area contributed by atoms with Crippen LogP contribution in [0.5, 0.6) is 0 Å². The van der Waals surface area contributed by atoms with Gasteiger partial charge in [-0.1, -0.05) is 24.3 Å². The predicted molar refractivity (Wildman–Crippen MR) is 81.0 cm³/mol. The molecule has 6 heteroatoms. The second kappa shape index (κ2) is 4.90. The van der Waals surface area contributed by atoms with Crippen LogP contribution in [0.2, 0.25) is 0 Å². The van der Waals surface area contributed by atoms with Crippen LogP contribution in [0.25, 0.3) is 10.8 Å². The van der Waals surface area contributed by atoms with Crippen molar-refractivity contribution < 1.29 is 4.79 Å². The monoisotopic (exact) mass is 284 g/mol. The van der Waals surface area contributed by atoms with Crippen molar-refractivity contribution >= 4 is 39.0 Å². The summed E-state index contributed by atoms with van der Waals surface area (Å²) in [5.74, 6) is 0.362. The molecule has 0 radical (unpaired) electrons. The number of nitrogens with two attached hydrogens (primary N) is 1. The molecule has 100 valence electrons. The van der Waals surface area contributed by atoms with E-state index >= 15 is 0 Å². The van der Waals surface area contributed by atoms with E-state index in [-0.39, 0.29) is 5.91 Å². The summed E-state index contributed by atoms with van der Waals surface area (Å²) in [6.07, 6.45) is 0. The van der Waals surface area contributed by atoms with Gasteiger partial charge in [-0.15, -0.1) is 0 Å². The lowest BCUT2D eigenvalue weighted by Crippen LogP contribution is -2.14. The number of aromatic nitrogens is 2. The molecule has 1 aromatic heterocycles. The maximum absolute atomic E-state index is 12.2. The lowest BCUT2D eigenvalue weighted by molar-refractivity contribution is 0.102. The number of anilines is 2. The normalized spacial score (nSPS) is 10.7. The van der Waals surface area contributed by atoms with E-state index in [1.807, 2.05) is 24.3 Å². The Morgan fingerprint density at radius 1 is 1.25 bits per heavy atom. The maximum Gasteiger partial charge on any atom is 0.259 e. The van der Waals surface area contributed by atoms with Crippen molar-refractivity contribution in [1.29, 1.82) is 0 Å². The number of hydrogen-bond donors (Lipinski definition) is 2. The van der Waals surface area contributed by atoms with Crippen LogP contribution in [0.3, 0.4) is 0 Å². The van der Waals surface area contributed by atoms with Crippen molar-refractivity contribution in [3.8, 4) is 0 Å². The van der Waals surface area contributed by atoms with Gasteiger partial charge in [-0.3, -0.25) is 10.1 Å². The van der Waals surface area contributed by atoms with Gasteiger partial charge in [-0.05, 0) is 29.8 Å². The van der Waals surface area contributed by atoms with E-state index in [1.54, 1.807) is 19.1 Å². The topological polar surface area (TPSA) is 80.9 Å². The van der Waals surface area contributed by atoms with Crippen LogP contribution in [0.4, 0.5) is 10.8 Å². The minimum absolute atomic E-state index is 0.274. The highest BCUT2D eigenvalue weighted by atomic mass is 32.1. The molecule has 3 rings (SSSR count). The first kappa shape index (κ1) is 12.6. The zero-order chi connectivity index (χ0) is 14.1. The minimum atomic E-state index is -0.274. The van der Waals surface area contributed by atoms with Gasteiger partial charge in [0.2, 0.25) is 5.13 Å². The van der Waals surface area contributed by atoms with Crippen LogP contribution in [0, 0.1) is 6.92 Å². The van der Waals surface area contributed by atoms with Crippen molar-refractivity contribution in [3.05, 3.63) is 47.8 Å². The average molecular weight is 284 g/mol. The second-order valence-corrected chi connectivity index (χ2v) is 5.14. The largest absolute Gasteiger partial charge is 0.398 e. The summed E-state index contributed by atoms with van der Waals surface area (Å²) in [5.41, 5.74) is 6.84. The number of carbonyl (C=O) groups is 1. The summed E-state index contributed by atoms with van der Waals surface area (Å²) in [4.78, 5) is 16.3. The molecule has 0 saturated heterocycles. The number of nitrogen functional groups attached to an aromatic ring is 1. The molecule has 0 spiro atoms. The molecule has 0 atom stereocenters. The van der Waals surface area contributed by atoms with Crippen LogP contribution >= 0.6 is 11.5 Å². The van der Waals surface area contributed by atoms with Gasteiger partial charge in [-0.25, -0.2) is 4.98 Å². The molecule has 0 aliphatic heterocycles. The fourth-order valence-corrected chi connectivity index (χ4v) is 2.54. The molecule has 20 heavy (non-hydrogen) atoms. The Kier molecular flexibility index (Phi) is 3.08. The Bertz CT molecular complexity index is 797. The first-order valence-corrected chi connectivity index (χ1v) is 6.81. The molecule has 1 heterocycles. The SMILES string of the molecule is Cc1nsc(NC(=O)c2cc3ccccc3cc2N)n1. The number of benzene rings is 2. The highest BCUT2D eigenvalue weighted by Gasteiger charge is 2.13. The summed E-state index contributed by atoms with van der Waals surface area (Å²) >= 11 is 1.15. The molecule has 2 aromatic carbocycles. The number of carbonyl (C=O) groups excluding carboxylic acids is 1. The molecule has 0 fully saturated rings. The Morgan fingerprint density at radius 3 is 2.60 bits per heavy atom. The zero-order valence-electron chi connectivity index (χ0n) is 10.8. The number of rotatable bonds is 2. The fourth-order valence-electron chi connectivity index (χ4n) is 1.97. The minimum Gasteiger partial charge on any atom is -0.398 e. The lowest BCUT2D eigenvalue weighted by atomic mass is 10.0. The standard InChI is InChI=1S/C14H12N4OS/c1-8-16-14(20-18-8)17-13(19)11-6-9-4-2-3-5-10(9)7-12(11)15/h2-7H,15H2,1H3,(H,16,17,18,19). The van der Waals surface area contributed by atoms with Crippen molar-refractivity contribution in [1.82, 2.24) is 9.36 Å². The van der Waals surface area contributed by atoms with Gasteiger partial charge >= 0.3 is 0 Å². The first-order valence-electron chi connectivity index (χ1n) is 6.03. The third kappa shape index (κ3) is 2.33. The predicted octanol–water partition coefficient (Wildman–Crippen LogP) is 2.83. The average Bonchev–Trinajstić information content (AvgIpc) is 2.83. The molecule has 0 aliphatic rings. The zero-order valence-corrected chi connectivity index (χ0v) is 11.6. The molecule has 1 amide bonds. The smallest absolute Gasteiger partial charge is 0.259 e. The van der Waals surface area contributed by atoms with Gasteiger partial charge in [0, 0.05) is 17.2 Å². The summed E-state index contributed by atoms with van der Waals surface area (Å²) in [7, 11) is 0. The summed E-state index contributed by atoms with van der Waals surface area (Å²) < 4.78 is 4.02. The van der Waals surface area contributed by atoms with Crippen molar-refractivity contribution in [2.24, 2.45) is 0 Å². The van der Waals surface area contributed by atoms with E-state index in [4.69, 9.17) is 5.73 Å². The van der Waals surface area contributed by atoms with Gasteiger partial charge in [0.05, 0.1) is 5.56 Å². The molecule has 5 nitrogen and oxygen atoms in total. The molecular weight excluding hydrogens is 272 g/mol. The molecule has 0 bridgehead atoms. The van der Waals surface area contributed by atoms with E-state index in [2.05, 4.69) is 14.7 Å². The van der Waals surface area contributed by atoms with Crippen LogP contribution in [0.1, 0.15) is 16.2 Å². The summed E-state index contributed by atoms with van der Waals surface area (Å²) in [6, 6.07) is 11.4. The first-order chi connectivity index (χ1) is 9.63. The number of hydrogen-bond acceptors (Lipinski definition) is 5. The van der Waals surface area contributed by atoms with Crippen LogP contribution in [0.15, 0.2) is 36.4 Å². The Labute approximate surface area is 119 Å². The fraction of sp³-hybridized carbons (Fsp3) is 0.0714. The Hall–Kier alpha value is -2.47. The second-order valence-electron chi connectivity index (χ2n) is 4.39. The van der Waals surface area contributed by atoms with Crippen molar-refractivity contribution in [3.63, 3.8) is 0 Å². The number of fused-ring (bicyclic) bond motifs is 1. The highest BCUT2D eigenvalue weighted by Crippen LogP contribution is 2.23. The number of aryl methyl sites for hydroxylation is 1. The van der Waals surface area contributed by atoms with Gasteiger partial charge < -0.3 is 5.73 Å². The molecule has 0 saturated carbocycles. The van der Waals surface area contributed by atoms with E-state index < -0.39 is 0 Å². The maximum atomic E-state index is 12.2. The number of nitrogens with one attached hydrogen (secondary N) is 1. The molecule has 0 unspecified atom stereocenters. The summed E-state index contributed by atoms with van der Waals surface area (Å²) in [6.45, 7) is 1.77. The van der Waals surface area contributed by atoms with Crippen LogP contribution < -0.4 is 11.1 Å². The molecule has 3 N–H and O–H groups in total. The number of amides is 1. The van der Waals surface area contributed by atoms with Gasteiger partial charge in [0.25, 0.3) is 5.91 Å². The van der Waals surface area contributed by atoms with Crippen molar-refractivity contribution in [2.75, 3.05) is 11.1 Å². The lowest BCUT2D eigenvalue weighted by Gasteiger charge is -2.07. The quantitative estimate of drug-likeness (QED) is 0.709. The molecule has 0 aliphatic carbocycles. The molecular formula is C14H12N4OS. The third-order valence-electron chi connectivity index (χ3n) is 2.91. The third-order valence-corrected chi connectivity index (χ3v) is 3.63. The summed E-state index contributed by atoms with van der Waals surface area (Å²) in [5, 5.41) is 5.16. The van der Waals surface area contributed by atoms with E-state index in [9.17, 15) is 4.79 Å². The number of nitrogens with zero attached hydrogens (tertiary/aromatic N) is 2. The molecule has 3 aromatic rings. The Balaban J connectivity index is 1.96. The van der Waals surface area contributed by atoms with Crippen molar-refractivity contribution in [2.45, 2.75) is 6.92 Å². The van der Waals surface area contributed by atoms with Crippen LogP contribution in [-0.4, -0.2) is 15.3 Å². The van der Waals surface area contributed by atoms with Crippen LogP contribution in [-0.2, 0) is 0 Å². The van der Waals surface area contributed by atoms with Gasteiger partial charge in [-0.2, -0.15) is 4.37 Å². The van der Waals surface area contributed by atoms with E-state index in [0.29, 0.717) is 22.2 Å². The highest BCUT2D eigenvalue weighted by molar-refractivity contribution is 7.09. The Morgan fingerprint density at radius 2 is 1.95 bits per heavy atom. The van der Waals surface area contributed by atoms with E-state index in [1.165, 1.54) is 0 Å². The van der Waals surface area contributed by atoms with Gasteiger partial charge in [0.1, 0.15) is 5.82 Å². The van der Waals surface area contributed by atoms with E-state index in [0.717, 1.165) is 22.3 Å². The van der Waals surface area contributed by atoms with Gasteiger partial charge in [0.15, 0.2) is 0 Å².